The summed E-state index contributed by atoms with van der Waals surface area (Å²) in [6.07, 6.45) is 1.25. The number of nitrogens with zero attached hydrogens (tertiary/aromatic N) is 2. The van der Waals surface area contributed by atoms with Gasteiger partial charge in [0.05, 0.1) is 13.4 Å². The lowest BCUT2D eigenvalue weighted by molar-refractivity contribution is 0.387. The molecule has 6 heteroatoms. The van der Waals surface area contributed by atoms with Crippen molar-refractivity contribution in [2.45, 2.75) is 0 Å². The monoisotopic (exact) mass is 269 g/mol. The van der Waals surface area contributed by atoms with Crippen molar-refractivity contribution in [2.24, 2.45) is 0 Å². The number of hydrogen-bond donors (Lipinski definition) is 0. The van der Waals surface area contributed by atoms with Crippen LogP contribution in [0.15, 0.2) is 18.2 Å². The van der Waals surface area contributed by atoms with E-state index in [1.165, 1.54) is 10.6 Å². The van der Waals surface area contributed by atoms with Gasteiger partial charge >= 0.3 is 0 Å². The van der Waals surface area contributed by atoms with Crippen LogP contribution in [-0.4, -0.2) is 52.3 Å². The Morgan fingerprint density at radius 2 is 1.94 bits per heavy atom. The zero-order chi connectivity index (χ0) is 13.2. The molecule has 18 heavy (non-hydrogen) atoms. The van der Waals surface area contributed by atoms with E-state index in [1.807, 2.05) is 18.2 Å². The molecule has 1 aliphatic heterocycles. The Balaban J connectivity index is 2.05. The van der Waals surface area contributed by atoms with E-state index in [0.29, 0.717) is 31.9 Å². The van der Waals surface area contributed by atoms with Gasteiger partial charge in [0.15, 0.2) is 0 Å². The normalized spacial score (nSPS) is 17.8. The van der Waals surface area contributed by atoms with Crippen LogP contribution >= 0.6 is 0 Å². The van der Waals surface area contributed by atoms with Crippen molar-refractivity contribution in [1.29, 1.82) is 0 Å². The molecule has 1 radical (unpaired) electrons. The molecule has 0 aromatic heterocycles. The molecule has 99 valence electrons. The van der Waals surface area contributed by atoms with E-state index in [9.17, 15) is 8.42 Å². The maximum absolute atomic E-state index is 11.4. The first-order valence-electron chi connectivity index (χ1n) is 5.76. The average molecular weight is 269 g/mol. The van der Waals surface area contributed by atoms with E-state index < -0.39 is 10.0 Å². The van der Waals surface area contributed by atoms with Gasteiger partial charge in [-0.25, -0.2) is 8.42 Å². The molecule has 1 aromatic rings. The first kappa shape index (κ1) is 13.2. The summed E-state index contributed by atoms with van der Waals surface area (Å²) in [6, 6.07) is 8.66. The van der Waals surface area contributed by atoms with Gasteiger partial charge in [-0.2, -0.15) is 4.31 Å². The van der Waals surface area contributed by atoms with E-state index in [1.54, 1.807) is 7.11 Å². The summed E-state index contributed by atoms with van der Waals surface area (Å²) in [5.74, 6) is 0.693. The molecule has 1 aliphatic rings. The smallest absolute Gasteiger partial charge is 0.211 e. The summed E-state index contributed by atoms with van der Waals surface area (Å²) in [5.41, 5.74) is 1.04. The highest BCUT2D eigenvalue weighted by Gasteiger charge is 2.23. The fourth-order valence-electron chi connectivity index (χ4n) is 2.03. The van der Waals surface area contributed by atoms with Gasteiger partial charge in [-0.15, -0.1) is 0 Å². The molecule has 0 unspecified atom stereocenters. The highest BCUT2D eigenvalue weighted by atomic mass is 32.2. The lowest BCUT2D eigenvalue weighted by atomic mass is 10.2. The van der Waals surface area contributed by atoms with Gasteiger partial charge in [-0.3, -0.25) is 0 Å². The van der Waals surface area contributed by atoms with Gasteiger partial charge < -0.3 is 9.64 Å². The van der Waals surface area contributed by atoms with Crippen LogP contribution in [-0.2, 0) is 10.0 Å². The van der Waals surface area contributed by atoms with Crippen LogP contribution in [0.25, 0.3) is 0 Å². The standard InChI is InChI=1S/C12H17N2O3S/c1-17-12-5-3-4-11(10-12)13-6-8-14(9-7-13)18(2,15)16/h3-4,10H,6-9H2,1-2H3. The molecule has 0 saturated carbocycles. The summed E-state index contributed by atoms with van der Waals surface area (Å²) < 4.78 is 29.5. The van der Waals surface area contributed by atoms with Crippen molar-refractivity contribution in [1.82, 2.24) is 4.31 Å². The topological polar surface area (TPSA) is 49.9 Å². The zero-order valence-electron chi connectivity index (χ0n) is 10.6. The third-order valence-corrected chi connectivity index (χ3v) is 4.35. The fourth-order valence-corrected chi connectivity index (χ4v) is 2.85. The number of ether oxygens (including phenoxy) is 1. The molecule has 0 aliphatic carbocycles. The number of benzene rings is 1. The molecule has 1 fully saturated rings. The van der Waals surface area contributed by atoms with Gasteiger partial charge in [-0.1, -0.05) is 0 Å². The van der Waals surface area contributed by atoms with Crippen LogP contribution in [0.4, 0.5) is 5.69 Å². The minimum absolute atomic E-state index is 0.528. The molecule has 2 rings (SSSR count). The van der Waals surface area contributed by atoms with E-state index >= 15 is 0 Å². The Kier molecular flexibility index (Phi) is 3.77. The van der Waals surface area contributed by atoms with Gasteiger partial charge in [0.25, 0.3) is 0 Å². The van der Waals surface area contributed by atoms with Gasteiger partial charge in [0.1, 0.15) is 5.75 Å². The summed E-state index contributed by atoms with van der Waals surface area (Å²) >= 11 is 0. The van der Waals surface area contributed by atoms with Gasteiger partial charge in [0.2, 0.25) is 10.0 Å². The van der Waals surface area contributed by atoms with Crippen molar-refractivity contribution >= 4 is 15.7 Å². The number of sulfonamides is 1. The van der Waals surface area contributed by atoms with Crippen molar-refractivity contribution in [2.75, 3.05) is 44.4 Å². The summed E-state index contributed by atoms with van der Waals surface area (Å²) in [6.45, 7) is 2.44. The summed E-state index contributed by atoms with van der Waals surface area (Å²) in [4.78, 5) is 2.15. The number of rotatable bonds is 3. The Morgan fingerprint density at radius 1 is 1.28 bits per heavy atom. The molecule has 1 saturated heterocycles. The zero-order valence-corrected chi connectivity index (χ0v) is 11.4. The Bertz CT molecular complexity index is 508. The fraction of sp³-hybridized carbons (Fsp3) is 0.500. The van der Waals surface area contributed by atoms with E-state index in [4.69, 9.17) is 4.74 Å². The highest BCUT2D eigenvalue weighted by molar-refractivity contribution is 7.88. The largest absolute Gasteiger partial charge is 0.496 e. The van der Waals surface area contributed by atoms with Crippen LogP contribution in [0.1, 0.15) is 0 Å². The second-order valence-corrected chi connectivity index (χ2v) is 6.25. The van der Waals surface area contributed by atoms with E-state index in [2.05, 4.69) is 11.0 Å². The van der Waals surface area contributed by atoms with Crippen molar-refractivity contribution in [3.05, 3.63) is 24.3 Å². The first-order chi connectivity index (χ1) is 8.50. The lowest BCUT2D eigenvalue weighted by Gasteiger charge is -2.34. The molecule has 1 heterocycles. The second kappa shape index (κ2) is 5.16. The minimum atomic E-state index is -3.07. The maximum atomic E-state index is 11.4. The number of hydrogen-bond acceptors (Lipinski definition) is 4. The van der Waals surface area contributed by atoms with Gasteiger partial charge in [0, 0.05) is 44.0 Å². The van der Waals surface area contributed by atoms with Crippen molar-refractivity contribution in [3.63, 3.8) is 0 Å². The lowest BCUT2D eigenvalue weighted by Crippen LogP contribution is -2.48. The second-order valence-electron chi connectivity index (χ2n) is 4.26. The SMILES string of the molecule is COc1[c]ccc(N2CCN(S(C)(=O)=O)CC2)c1. The molecule has 0 atom stereocenters. The van der Waals surface area contributed by atoms with E-state index in [0.717, 1.165) is 5.69 Å². The van der Waals surface area contributed by atoms with Crippen LogP contribution in [0.3, 0.4) is 0 Å². The van der Waals surface area contributed by atoms with Crippen LogP contribution < -0.4 is 9.64 Å². The number of anilines is 1. The Hall–Kier alpha value is -1.27. The highest BCUT2D eigenvalue weighted by Crippen LogP contribution is 2.22. The predicted octanol–water partition coefficient (Wildman–Crippen LogP) is 0.577. The Labute approximate surface area is 108 Å². The molecule has 0 spiro atoms. The summed E-state index contributed by atoms with van der Waals surface area (Å²) in [5, 5.41) is 0. The third-order valence-electron chi connectivity index (χ3n) is 3.05. The first-order valence-corrected chi connectivity index (χ1v) is 7.61. The minimum Gasteiger partial charge on any atom is -0.496 e. The predicted molar refractivity (Wildman–Crippen MR) is 70.5 cm³/mol. The maximum Gasteiger partial charge on any atom is 0.211 e. The van der Waals surface area contributed by atoms with Crippen LogP contribution in [0.2, 0.25) is 0 Å². The Morgan fingerprint density at radius 3 is 2.50 bits per heavy atom. The molecule has 0 N–H and O–H groups in total. The quantitative estimate of drug-likeness (QED) is 0.805. The molecule has 5 nitrogen and oxygen atoms in total. The molecule has 0 amide bonds. The molecular formula is C12H17N2O3S. The molecular weight excluding hydrogens is 252 g/mol. The van der Waals surface area contributed by atoms with Crippen molar-refractivity contribution in [3.8, 4) is 5.75 Å². The summed E-state index contributed by atoms with van der Waals surface area (Å²) in [7, 11) is -1.46. The molecule has 1 aromatic carbocycles. The number of piperazine rings is 1. The van der Waals surface area contributed by atoms with E-state index in [-0.39, 0.29) is 0 Å². The van der Waals surface area contributed by atoms with Crippen molar-refractivity contribution < 1.29 is 13.2 Å². The third kappa shape index (κ3) is 2.94. The number of methoxy groups -OCH3 is 1. The van der Waals surface area contributed by atoms with Gasteiger partial charge in [-0.05, 0) is 12.1 Å². The van der Waals surface area contributed by atoms with Crippen LogP contribution in [0.5, 0.6) is 5.75 Å². The van der Waals surface area contributed by atoms with Crippen LogP contribution in [0, 0.1) is 6.07 Å². The average Bonchev–Trinajstić information content (AvgIpc) is 2.38. The molecule has 0 bridgehead atoms.